The minimum Gasteiger partial charge on any atom is -0.244 e. The van der Waals surface area contributed by atoms with E-state index in [9.17, 15) is 0 Å². The zero-order valence-electron chi connectivity index (χ0n) is 6.85. The van der Waals surface area contributed by atoms with Crippen molar-refractivity contribution in [1.82, 2.24) is 19.9 Å². The maximum atomic E-state index is 5.64. The molecule has 0 radical (unpaired) electrons. The first-order valence-electron chi connectivity index (χ1n) is 3.72. The standard InChI is InChI=1S/C8H4Cl2N4/c9-6-2-1-5(3-11-6)7-12-4-13-8(10)14-7/h1-4H. The summed E-state index contributed by atoms with van der Waals surface area (Å²) < 4.78 is 0. The van der Waals surface area contributed by atoms with Crippen molar-refractivity contribution in [3.8, 4) is 11.4 Å². The Bertz CT molecular complexity index is 443. The predicted octanol–water partition coefficient (Wildman–Crippen LogP) is 2.24. The molecule has 6 heteroatoms. The van der Waals surface area contributed by atoms with Gasteiger partial charge in [0.2, 0.25) is 5.28 Å². The summed E-state index contributed by atoms with van der Waals surface area (Å²) in [6, 6.07) is 3.43. The topological polar surface area (TPSA) is 51.6 Å². The van der Waals surface area contributed by atoms with Gasteiger partial charge in [0.15, 0.2) is 5.82 Å². The van der Waals surface area contributed by atoms with Crippen molar-refractivity contribution in [2.24, 2.45) is 0 Å². The van der Waals surface area contributed by atoms with Crippen LogP contribution in [0.4, 0.5) is 0 Å². The third-order valence-electron chi connectivity index (χ3n) is 1.53. The van der Waals surface area contributed by atoms with Crippen LogP contribution in [-0.4, -0.2) is 19.9 Å². The number of nitrogens with zero attached hydrogens (tertiary/aromatic N) is 4. The van der Waals surface area contributed by atoms with Gasteiger partial charge in [0, 0.05) is 11.8 Å². The molecule has 2 aromatic heterocycles. The SMILES string of the molecule is Clc1ccc(-c2ncnc(Cl)n2)cn1. The molecular weight excluding hydrogens is 223 g/mol. The molecule has 0 saturated heterocycles. The highest BCUT2D eigenvalue weighted by Gasteiger charge is 2.02. The highest BCUT2D eigenvalue weighted by atomic mass is 35.5. The van der Waals surface area contributed by atoms with E-state index >= 15 is 0 Å². The summed E-state index contributed by atoms with van der Waals surface area (Å²) in [5.74, 6) is 0.481. The van der Waals surface area contributed by atoms with Gasteiger partial charge in [-0.2, -0.15) is 4.98 Å². The summed E-state index contributed by atoms with van der Waals surface area (Å²) in [7, 11) is 0. The van der Waals surface area contributed by atoms with E-state index in [2.05, 4.69) is 19.9 Å². The lowest BCUT2D eigenvalue weighted by molar-refractivity contribution is 1.05. The van der Waals surface area contributed by atoms with Crippen LogP contribution in [0.15, 0.2) is 24.7 Å². The van der Waals surface area contributed by atoms with Crippen molar-refractivity contribution in [3.05, 3.63) is 35.1 Å². The Labute approximate surface area is 90.0 Å². The highest BCUT2D eigenvalue weighted by Crippen LogP contribution is 2.15. The number of hydrogen-bond donors (Lipinski definition) is 0. The minimum atomic E-state index is 0.157. The van der Waals surface area contributed by atoms with E-state index in [0.717, 1.165) is 5.56 Å². The van der Waals surface area contributed by atoms with Crippen molar-refractivity contribution in [2.45, 2.75) is 0 Å². The summed E-state index contributed by atoms with van der Waals surface area (Å²) in [6.07, 6.45) is 2.92. The number of pyridine rings is 1. The Morgan fingerprint density at radius 1 is 1.00 bits per heavy atom. The second kappa shape index (κ2) is 3.86. The van der Waals surface area contributed by atoms with Crippen molar-refractivity contribution in [2.75, 3.05) is 0 Å². The number of rotatable bonds is 1. The van der Waals surface area contributed by atoms with E-state index < -0.39 is 0 Å². The average molecular weight is 227 g/mol. The van der Waals surface area contributed by atoms with E-state index in [1.54, 1.807) is 18.3 Å². The Morgan fingerprint density at radius 2 is 1.86 bits per heavy atom. The van der Waals surface area contributed by atoms with E-state index in [-0.39, 0.29) is 5.28 Å². The first-order chi connectivity index (χ1) is 6.75. The molecule has 0 aliphatic heterocycles. The van der Waals surface area contributed by atoms with Gasteiger partial charge in [-0.15, -0.1) is 0 Å². The van der Waals surface area contributed by atoms with Crippen LogP contribution in [0.25, 0.3) is 11.4 Å². The molecule has 2 aromatic rings. The molecular formula is C8H4Cl2N4. The molecule has 0 aromatic carbocycles. The van der Waals surface area contributed by atoms with E-state index in [1.807, 2.05) is 0 Å². The van der Waals surface area contributed by atoms with Gasteiger partial charge >= 0.3 is 0 Å². The van der Waals surface area contributed by atoms with E-state index in [1.165, 1.54) is 6.33 Å². The van der Waals surface area contributed by atoms with Gasteiger partial charge in [0.1, 0.15) is 11.5 Å². The molecule has 0 N–H and O–H groups in total. The zero-order chi connectivity index (χ0) is 9.97. The molecule has 0 bridgehead atoms. The zero-order valence-corrected chi connectivity index (χ0v) is 8.37. The van der Waals surface area contributed by atoms with Crippen molar-refractivity contribution in [1.29, 1.82) is 0 Å². The van der Waals surface area contributed by atoms with Crippen molar-refractivity contribution < 1.29 is 0 Å². The maximum Gasteiger partial charge on any atom is 0.225 e. The van der Waals surface area contributed by atoms with Crippen LogP contribution in [0, 0.1) is 0 Å². The molecule has 0 saturated carbocycles. The van der Waals surface area contributed by atoms with Crippen molar-refractivity contribution >= 4 is 23.2 Å². The van der Waals surface area contributed by atoms with E-state index in [4.69, 9.17) is 23.2 Å². The van der Waals surface area contributed by atoms with Crippen LogP contribution in [-0.2, 0) is 0 Å². The molecule has 2 heterocycles. The number of halogens is 2. The second-order valence-corrected chi connectivity index (χ2v) is 3.17. The summed E-state index contributed by atoms with van der Waals surface area (Å²) in [4.78, 5) is 15.5. The van der Waals surface area contributed by atoms with Crippen LogP contribution in [0.1, 0.15) is 0 Å². The lowest BCUT2D eigenvalue weighted by Crippen LogP contribution is -1.91. The van der Waals surface area contributed by atoms with Gasteiger partial charge in [-0.3, -0.25) is 0 Å². The van der Waals surface area contributed by atoms with Crippen LogP contribution in [0.3, 0.4) is 0 Å². The highest BCUT2D eigenvalue weighted by molar-refractivity contribution is 6.29. The van der Waals surface area contributed by atoms with Gasteiger partial charge in [0.05, 0.1) is 0 Å². The Balaban J connectivity index is 2.44. The third-order valence-corrected chi connectivity index (χ3v) is 1.93. The molecule has 0 unspecified atom stereocenters. The fraction of sp³-hybridized carbons (Fsp3) is 0. The molecule has 14 heavy (non-hydrogen) atoms. The third kappa shape index (κ3) is 1.97. The fourth-order valence-electron chi connectivity index (χ4n) is 0.923. The monoisotopic (exact) mass is 226 g/mol. The van der Waals surface area contributed by atoms with Gasteiger partial charge in [-0.25, -0.2) is 15.0 Å². The van der Waals surface area contributed by atoms with Gasteiger partial charge in [-0.05, 0) is 23.7 Å². The second-order valence-electron chi connectivity index (χ2n) is 2.45. The van der Waals surface area contributed by atoms with Crippen LogP contribution < -0.4 is 0 Å². The van der Waals surface area contributed by atoms with Crippen molar-refractivity contribution in [3.63, 3.8) is 0 Å². The smallest absolute Gasteiger partial charge is 0.225 e. The molecule has 70 valence electrons. The number of hydrogen-bond acceptors (Lipinski definition) is 4. The quantitative estimate of drug-likeness (QED) is 0.701. The molecule has 0 spiro atoms. The summed E-state index contributed by atoms with van der Waals surface area (Å²) in [5, 5.41) is 0.582. The average Bonchev–Trinajstić information content (AvgIpc) is 2.19. The Kier molecular flexibility index (Phi) is 2.56. The summed E-state index contributed by atoms with van der Waals surface area (Å²) >= 11 is 11.3. The van der Waals surface area contributed by atoms with Gasteiger partial charge in [0.25, 0.3) is 0 Å². The normalized spacial score (nSPS) is 10.1. The minimum absolute atomic E-state index is 0.157. The van der Waals surface area contributed by atoms with Gasteiger partial charge in [-0.1, -0.05) is 11.6 Å². The lowest BCUT2D eigenvalue weighted by atomic mass is 10.3. The van der Waals surface area contributed by atoms with Crippen LogP contribution >= 0.6 is 23.2 Å². The van der Waals surface area contributed by atoms with E-state index in [0.29, 0.717) is 11.0 Å². The van der Waals surface area contributed by atoms with Crippen LogP contribution in [0.5, 0.6) is 0 Å². The largest absolute Gasteiger partial charge is 0.244 e. The molecule has 2 rings (SSSR count). The molecule has 4 nitrogen and oxygen atoms in total. The molecule has 0 amide bonds. The molecule has 0 aliphatic carbocycles. The Hall–Kier alpha value is -1.26. The fourth-order valence-corrected chi connectivity index (χ4v) is 1.16. The lowest BCUT2D eigenvalue weighted by Gasteiger charge is -1.98. The predicted molar refractivity (Wildman–Crippen MR) is 53.1 cm³/mol. The number of aromatic nitrogens is 4. The maximum absolute atomic E-state index is 5.64. The first kappa shape index (κ1) is 9.30. The summed E-state index contributed by atoms with van der Waals surface area (Å²) in [6.45, 7) is 0. The molecule has 0 atom stereocenters. The summed E-state index contributed by atoms with van der Waals surface area (Å²) in [5.41, 5.74) is 0.749. The Morgan fingerprint density at radius 3 is 2.50 bits per heavy atom. The van der Waals surface area contributed by atoms with Crippen LogP contribution in [0.2, 0.25) is 10.4 Å². The first-order valence-corrected chi connectivity index (χ1v) is 4.48. The van der Waals surface area contributed by atoms with Gasteiger partial charge < -0.3 is 0 Å². The molecule has 0 fully saturated rings. The molecule has 0 aliphatic rings.